The number of imidazole rings is 1. The number of anilines is 2. The number of aliphatic hydroxyl groups is 1. The van der Waals surface area contributed by atoms with Crippen LogP contribution in [0.25, 0.3) is 11.2 Å². The summed E-state index contributed by atoms with van der Waals surface area (Å²) >= 11 is 0. The second-order valence-corrected chi connectivity index (χ2v) is 6.37. The highest BCUT2D eigenvalue weighted by molar-refractivity contribution is 5.93. The molecule has 0 atom stereocenters. The van der Waals surface area contributed by atoms with Gasteiger partial charge >= 0.3 is 11.6 Å². The monoisotopic (exact) mass is 373 g/mol. The molecule has 0 bridgehead atoms. The van der Waals surface area contributed by atoms with Crippen molar-refractivity contribution in [1.82, 2.24) is 24.5 Å². The molecule has 1 aliphatic rings. The van der Waals surface area contributed by atoms with E-state index in [1.807, 2.05) is 0 Å². The molecule has 4 rings (SSSR count). The molecule has 5 N–H and O–H groups in total. The number of hydrogen-bond donors (Lipinski definition) is 4. The molecular formula is C16H19N7O4. The number of aliphatic hydroxyl groups excluding tert-OH is 1. The summed E-state index contributed by atoms with van der Waals surface area (Å²) in [5.41, 5.74) is 11.4. The molecule has 3 aromatic rings. The van der Waals surface area contributed by atoms with Crippen LogP contribution in [0.2, 0.25) is 0 Å². The molecule has 142 valence electrons. The number of aromatic nitrogens is 4. The van der Waals surface area contributed by atoms with Crippen LogP contribution >= 0.6 is 0 Å². The average Bonchev–Trinajstić information content (AvgIpc) is 3.22. The Morgan fingerprint density at radius 3 is 2.85 bits per heavy atom. The van der Waals surface area contributed by atoms with Crippen LogP contribution in [0.15, 0.2) is 27.6 Å². The lowest BCUT2D eigenvalue weighted by Crippen LogP contribution is -2.30. The Bertz CT molecular complexity index is 1030. The first-order valence-electron chi connectivity index (χ1n) is 8.55. The minimum absolute atomic E-state index is 0.0625. The van der Waals surface area contributed by atoms with E-state index in [9.17, 15) is 14.7 Å². The van der Waals surface area contributed by atoms with Crippen LogP contribution in [-0.4, -0.2) is 36.7 Å². The third-order valence-corrected chi connectivity index (χ3v) is 4.37. The van der Waals surface area contributed by atoms with Gasteiger partial charge in [0.2, 0.25) is 5.95 Å². The summed E-state index contributed by atoms with van der Waals surface area (Å²) in [6.07, 6.45) is 3.48. The van der Waals surface area contributed by atoms with Gasteiger partial charge in [0, 0.05) is 6.54 Å². The van der Waals surface area contributed by atoms with Crippen LogP contribution in [0.5, 0.6) is 0 Å². The van der Waals surface area contributed by atoms with Gasteiger partial charge in [-0.2, -0.15) is 9.97 Å². The minimum Gasteiger partial charge on any atom is -0.459 e. The Hall–Kier alpha value is -3.34. The number of nitrogens with one attached hydrogen (secondary N) is 2. The maximum atomic E-state index is 12.8. The Kier molecular flexibility index (Phi) is 4.28. The van der Waals surface area contributed by atoms with Crippen molar-refractivity contribution < 1.29 is 14.3 Å². The lowest BCUT2D eigenvalue weighted by molar-refractivity contribution is 0.0935. The predicted octanol–water partition coefficient (Wildman–Crippen LogP) is -0.0726. The number of nitrogen functional groups attached to an aromatic ring is 1. The highest BCUT2D eigenvalue weighted by atomic mass is 16.3. The molecule has 27 heavy (non-hydrogen) atoms. The van der Waals surface area contributed by atoms with E-state index in [1.165, 1.54) is 16.9 Å². The number of carbonyl (C=O) groups is 1. The number of hydrazine groups is 1. The van der Waals surface area contributed by atoms with E-state index >= 15 is 0 Å². The van der Waals surface area contributed by atoms with Crippen molar-refractivity contribution in [2.24, 2.45) is 5.92 Å². The topological polar surface area (TPSA) is 153 Å². The van der Waals surface area contributed by atoms with Crippen LogP contribution in [0.4, 0.5) is 11.8 Å². The lowest BCUT2D eigenvalue weighted by atomic mass is 10.4. The fourth-order valence-corrected chi connectivity index (χ4v) is 2.93. The highest BCUT2D eigenvalue weighted by Crippen LogP contribution is 2.32. The number of hydrogen-bond acceptors (Lipinski definition) is 8. The van der Waals surface area contributed by atoms with Crippen molar-refractivity contribution in [2.45, 2.75) is 25.9 Å². The largest absolute Gasteiger partial charge is 0.459 e. The maximum absolute atomic E-state index is 12.8. The summed E-state index contributed by atoms with van der Waals surface area (Å²) in [7, 11) is 0. The van der Waals surface area contributed by atoms with Crippen LogP contribution in [0.1, 0.15) is 23.4 Å². The molecule has 0 radical (unpaired) electrons. The van der Waals surface area contributed by atoms with Crippen LogP contribution in [0, 0.1) is 5.92 Å². The van der Waals surface area contributed by atoms with Crippen molar-refractivity contribution in [2.75, 3.05) is 17.8 Å². The molecule has 3 heterocycles. The van der Waals surface area contributed by atoms with E-state index < -0.39 is 5.91 Å². The predicted molar refractivity (Wildman–Crippen MR) is 95.8 cm³/mol. The molecule has 1 amide bonds. The number of nitrogens with zero attached hydrogens (tertiary/aromatic N) is 4. The second kappa shape index (κ2) is 6.76. The van der Waals surface area contributed by atoms with E-state index in [0.29, 0.717) is 23.6 Å². The Labute approximate surface area is 152 Å². The lowest BCUT2D eigenvalue weighted by Gasteiger charge is -2.10. The zero-order valence-corrected chi connectivity index (χ0v) is 14.4. The van der Waals surface area contributed by atoms with E-state index in [-0.39, 0.29) is 36.4 Å². The molecule has 0 saturated heterocycles. The quantitative estimate of drug-likeness (QED) is 0.420. The van der Waals surface area contributed by atoms with Gasteiger partial charge in [0.25, 0.3) is 0 Å². The molecule has 1 fully saturated rings. The SMILES string of the molecule is Nc1nc(NNC(=O)c2ccco2)c2c(n1)n(CCO)c(=O)n2CC1CC1. The zero-order valence-electron chi connectivity index (χ0n) is 14.4. The fourth-order valence-electron chi connectivity index (χ4n) is 2.93. The van der Waals surface area contributed by atoms with Crippen molar-refractivity contribution in [3.05, 3.63) is 34.6 Å². The van der Waals surface area contributed by atoms with Crippen molar-refractivity contribution >= 4 is 28.8 Å². The van der Waals surface area contributed by atoms with Gasteiger partial charge in [-0.1, -0.05) is 0 Å². The van der Waals surface area contributed by atoms with Crippen LogP contribution in [0.3, 0.4) is 0 Å². The van der Waals surface area contributed by atoms with Gasteiger partial charge in [-0.15, -0.1) is 0 Å². The molecule has 3 aromatic heterocycles. The Morgan fingerprint density at radius 2 is 2.19 bits per heavy atom. The standard InChI is InChI=1S/C16H19N7O4/c17-15-18-12(20-21-14(25)10-2-1-7-27-10)11-13(19-15)22(5-6-24)16(26)23(11)8-9-3-4-9/h1-2,7,9,24H,3-6,8H2,(H,21,25)(H3,17,18,19,20). The van der Waals surface area contributed by atoms with Gasteiger partial charge in [0.05, 0.1) is 19.4 Å². The van der Waals surface area contributed by atoms with Gasteiger partial charge in [-0.05, 0) is 30.9 Å². The second-order valence-electron chi connectivity index (χ2n) is 6.37. The van der Waals surface area contributed by atoms with Crippen LogP contribution in [-0.2, 0) is 13.1 Å². The molecule has 1 aliphatic carbocycles. The Morgan fingerprint density at radius 1 is 1.37 bits per heavy atom. The third-order valence-electron chi connectivity index (χ3n) is 4.37. The van der Waals surface area contributed by atoms with E-state index in [4.69, 9.17) is 10.2 Å². The summed E-state index contributed by atoms with van der Waals surface area (Å²) in [6.45, 7) is 0.383. The molecule has 0 unspecified atom stereocenters. The summed E-state index contributed by atoms with van der Waals surface area (Å²) in [5.74, 6) is 0.170. The summed E-state index contributed by atoms with van der Waals surface area (Å²) in [5, 5.41) is 9.30. The summed E-state index contributed by atoms with van der Waals surface area (Å²) < 4.78 is 7.95. The third kappa shape index (κ3) is 3.24. The smallest absolute Gasteiger partial charge is 0.330 e. The average molecular weight is 373 g/mol. The first-order chi connectivity index (χ1) is 13.1. The number of rotatable bonds is 7. The zero-order chi connectivity index (χ0) is 19.0. The van der Waals surface area contributed by atoms with Gasteiger partial charge in [0.15, 0.2) is 17.2 Å². The summed E-state index contributed by atoms with van der Waals surface area (Å²) in [4.78, 5) is 33.2. The number of amides is 1. The van der Waals surface area contributed by atoms with E-state index in [0.717, 1.165) is 12.8 Å². The van der Waals surface area contributed by atoms with Gasteiger partial charge < -0.3 is 15.3 Å². The number of fused-ring (bicyclic) bond motifs is 1. The molecule has 1 saturated carbocycles. The molecule has 0 spiro atoms. The first kappa shape index (κ1) is 17.1. The van der Waals surface area contributed by atoms with Crippen molar-refractivity contribution in [3.63, 3.8) is 0 Å². The molecule has 0 aromatic carbocycles. The van der Waals surface area contributed by atoms with Crippen LogP contribution < -0.4 is 22.3 Å². The minimum atomic E-state index is -0.504. The number of nitrogens with two attached hydrogens (primary N) is 1. The highest BCUT2D eigenvalue weighted by Gasteiger charge is 2.27. The fraction of sp³-hybridized carbons (Fsp3) is 0.375. The molecule has 11 heteroatoms. The first-order valence-corrected chi connectivity index (χ1v) is 8.55. The molecule has 0 aliphatic heterocycles. The molecule has 11 nitrogen and oxygen atoms in total. The normalized spacial score (nSPS) is 13.8. The number of carbonyl (C=O) groups excluding carboxylic acids is 1. The van der Waals surface area contributed by atoms with E-state index in [1.54, 1.807) is 10.6 Å². The molecular weight excluding hydrogens is 354 g/mol. The maximum Gasteiger partial charge on any atom is 0.330 e. The van der Waals surface area contributed by atoms with Gasteiger partial charge in [0.1, 0.15) is 5.52 Å². The van der Waals surface area contributed by atoms with Gasteiger partial charge in [-0.25, -0.2) is 4.79 Å². The van der Waals surface area contributed by atoms with Crippen molar-refractivity contribution in [3.8, 4) is 0 Å². The van der Waals surface area contributed by atoms with E-state index in [2.05, 4.69) is 20.8 Å². The van der Waals surface area contributed by atoms with Gasteiger partial charge in [-0.3, -0.25) is 24.8 Å². The number of furan rings is 1. The summed E-state index contributed by atoms with van der Waals surface area (Å²) in [6, 6.07) is 3.11. The Balaban J connectivity index is 1.75. The van der Waals surface area contributed by atoms with Crippen molar-refractivity contribution in [1.29, 1.82) is 0 Å².